The smallest absolute Gasteiger partial charge is 0.312 e. The van der Waals surface area contributed by atoms with Crippen molar-refractivity contribution in [2.75, 3.05) is 6.61 Å². The van der Waals surface area contributed by atoms with Gasteiger partial charge in [-0.25, -0.2) is 4.79 Å². The molecule has 158 valence electrons. The number of nitrogens with two attached hydrogens (primary N) is 1. The minimum Gasteiger partial charge on any atom is -0.456 e. The number of fused-ring (bicyclic) bond motifs is 1. The number of esters is 1. The Kier molecular flexibility index (Phi) is 7.30. The summed E-state index contributed by atoms with van der Waals surface area (Å²) in [6.45, 7) is -0.387. The van der Waals surface area contributed by atoms with Crippen LogP contribution in [0.15, 0.2) is 48.5 Å². The quantitative estimate of drug-likeness (QED) is 0.587. The molecule has 2 aromatic carbocycles. The van der Waals surface area contributed by atoms with E-state index >= 15 is 0 Å². The number of rotatable bonds is 7. The topological polar surface area (TPSA) is 111 Å². The summed E-state index contributed by atoms with van der Waals surface area (Å²) in [4.78, 5) is 35.8. The Morgan fingerprint density at radius 2 is 1.87 bits per heavy atom. The molecule has 3 amide bonds. The van der Waals surface area contributed by atoms with E-state index in [1.165, 1.54) is 5.56 Å². The monoisotopic (exact) mass is 429 g/mol. The highest BCUT2D eigenvalue weighted by Crippen LogP contribution is 2.29. The van der Waals surface area contributed by atoms with Gasteiger partial charge in [0.05, 0.1) is 18.5 Å². The highest BCUT2D eigenvalue weighted by atomic mass is 35.5. The summed E-state index contributed by atoms with van der Waals surface area (Å²) in [5.41, 5.74) is 8.20. The maximum atomic E-state index is 12.3. The van der Waals surface area contributed by atoms with E-state index < -0.39 is 18.0 Å². The summed E-state index contributed by atoms with van der Waals surface area (Å²) in [5.74, 6) is -0.987. The first-order chi connectivity index (χ1) is 14.4. The third kappa shape index (κ3) is 5.97. The standard InChI is InChI=1S/C22H24ClN3O4/c23-16-10-8-15(9-11-16)19(26-22(24)29)12-21(28)30-13-20(27)25-18-7-3-5-14-4-1-2-6-17(14)18/h1-2,4,6,8-11,18-19H,3,5,7,12-13H2,(H,25,27)(H3,24,26,29)/t18-,19+/m0/s1. The van der Waals surface area contributed by atoms with Gasteiger partial charge in [-0.1, -0.05) is 48.0 Å². The van der Waals surface area contributed by atoms with Crippen molar-refractivity contribution in [3.8, 4) is 0 Å². The second-order valence-corrected chi connectivity index (χ2v) is 7.63. The highest BCUT2D eigenvalue weighted by Gasteiger charge is 2.23. The molecule has 3 rings (SSSR count). The Morgan fingerprint density at radius 1 is 1.13 bits per heavy atom. The number of amides is 3. The molecular weight excluding hydrogens is 406 g/mol. The fourth-order valence-electron chi connectivity index (χ4n) is 3.63. The maximum Gasteiger partial charge on any atom is 0.312 e. The van der Waals surface area contributed by atoms with Crippen molar-refractivity contribution < 1.29 is 19.1 Å². The zero-order chi connectivity index (χ0) is 21.5. The third-order valence-electron chi connectivity index (χ3n) is 5.03. The summed E-state index contributed by atoms with van der Waals surface area (Å²) < 4.78 is 5.12. The SMILES string of the molecule is NC(=O)N[C@H](CC(=O)OCC(=O)N[C@H]1CCCc2ccccc21)c1ccc(Cl)cc1. The number of hydrogen-bond acceptors (Lipinski definition) is 4. The number of nitrogens with one attached hydrogen (secondary N) is 2. The fraction of sp³-hybridized carbons (Fsp3) is 0.318. The molecule has 30 heavy (non-hydrogen) atoms. The van der Waals surface area contributed by atoms with Crippen LogP contribution in [0.2, 0.25) is 5.02 Å². The molecule has 1 aliphatic rings. The Labute approximate surface area is 179 Å². The molecule has 0 aliphatic heterocycles. The van der Waals surface area contributed by atoms with Gasteiger partial charge in [-0.05, 0) is 48.1 Å². The molecule has 2 atom stereocenters. The zero-order valence-electron chi connectivity index (χ0n) is 16.4. The van der Waals surface area contributed by atoms with Gasteiger partial charge in [-0.3, -0.25) is 9.59 Å². The van der Waals surface area contributed by atoms with Crippen LogP contribution < -0.4 is 16.4 Å². The van der Waals surface area contributed by atoms with Crippen molar-refractivity contribution in [3.63, 3.8) is 0 Å². The predicted molar refractivity (Wildman–Crippen MR) is 113 cm³/mol. The number of urea groups is 1. The van der Waals surface area contributed by atoms with E-state index in [4.69, 9.17) is 22.1 Å². The lowest BCUT2D eigenvalue weighted by Gasteiger charge is -2.26. The van der Waals surface area contributed by atoms with Gasteiger partial charge >= 0.3 is 12.0 Å². The van der Waals surface area contributed by atoms with Crippen LogP contribution in [-0.4, -0.2) is 24.5 Å². The minimum atomic E-state index is -0.767. The lowest BCUT2D eigenvalue weighted by molar-refractivity contribution is -0.149. The zero-order valence-corrected chi connectivity index (χ0v) is 17.2. The first-order valence-electron chi connectivity index (χ1n) is 9.76. The van der Waals surface area contributed by atoms with Gasteiger partial charge < -0.3 is 21.1 Å². The van der Waals surface area contributed by atoms with Crippen LogP contribution >= 0.6 is 11.6 Å². The normalized spacial score (nSPS) is 16.1. The van der Waals surface area contributed by atoms with Crippen molar-refractivity contribution in [1.29, 1.82) is 0 Å². The molecule has 0 bridgehead atoms. The van der Waals surface area contributed by atoms with Crippen LogP contribution in [0.5, 0.6) is 0 Å². The Hall–Kier alpha value is -3.06. The molecular formula is C22H24ClN3O4. The Bertz CT molecular complexity index is 917. The first-order valence-corrected chi connectivity index (χ1v) is 10.1. The lowest BCUT2D eigenvalue weighted by Crippen LogP contribution is -2.36. The molecule has 2 aromatic rings. The van der Waals surface area contributed by atoms with Crippen molar-refractivity contribution >= 4 is 29.5 Å². The molecule has 0 aromatic heterocycles. The van der Waals surface area contributed by atoms with Gasteiger partial charge in [-0.2, -0.15) is 0 Å². The molecule has 0 heterocycles. The largest absolute Gasteiger partial charge is 0.456 e. The maximum absolute atomic E-state index is 12.3. The molecule has 0 radical (unpaired) electrons. The van der Waals surface area contributed by atoms with Crippen LogP contribution in [0.4, 0.5) is 4.79 Å². The van der Waals surface area contributed by atoms with Gasteiger partial charge in [0, 0.05) is 5.02 Å². The van der Waals surface area contributed by atoms with Crippen molar-refractivity contribution in [2.45, 2.75) is 37.8 Å². The third-order valence-corrected chi connectivity index (χ3v) is 5.28. The summed E-state index contributed by atoms with van der Waals surface area (Å²) in [6, 6.07) is 13.1. The summed E-state index contributed by atoms with van der Waals surface area (Å²) in [6.07, 6.45) is 2.67. The van der Waals surface area contributed by atoms with Gasteiger partial charge in [0.25, 0.3) is 5.91 Å². The minimum absolute atomic E-state index is 0.0838. The van der Waals surface area contributed by atoms with E-state index in [1.807, 2.05) is 18.2 Å². The number of primary amides is 1. The molecule has 4 N–H and O–H groups in total. The van der Waals surface area contributed by atoms with Gasteiger partial charge in [0.1, 0.15) is 0 Å². The van der Waals surface area contributed by atoms with Gasteiger partial charge in [-0.15, -0.1) is 0 Å². The highest BCUT2D eigenvalue weighted by molar-refractivity contribution is 6.30. The molecule has 8 heteroatoms. The predicted octanol–water partition coefficient (Wildman–Crippen LogP) is 3.18. The molecule has 0 spiro atoms. The molecule has 0 fully saturated rings. The number of hydrogen-bond donors (Lipinski definition) is 3. The van der Waals surface area contributed by atoms with Gasteiger partial charge in [0.15, 0.2) is 6.61 Å². The molecule has 0 saturated carbocycles. The molecule has 1 aliphatic carbocycles. The molecule has 7 nitrogen and oxygen atoms in total. The number of carbonyl (C=O) groups excluding carboxylic acids is 3. The van der Waals surface area contributed by atoms with E-state index in [2.05, 4.69) is 16.7 Å². The van der Waals surface area contributed by atoms with Crippen LogP contribution in [0, 0.1) is 0 Å². The lowest BCUT2D eigenvalue weighted by atomic mass is 9.88. The van der Waals surface area contributed by atoms with E-state index in [0.29, 0.717) is 10.6 Å². The second kappa shape index (κ2) is 10.1. The number of aryl methyl sites for hydroxylation is 1. The summed E-state index contributed by atoms with van der Waals surface area (Å²) in [5, 5.41) is 5.97. The summed E-state index contributed by atoms with van der Waals surface area (Å²) in [7, 11) is 0. The average molecular weight is 430 g/mol. The summed E-state index contributed by atoms with van der Waals surface area (Å²) >= 11 is 5.88. The Balaban J connectivity index is 1.53. The number of benzene rings is 2. The van der Waals surface area contributed by atoms with Gasteiger partial charge in [0.2, 0.25) is 0 Å². The Morgan fingerprint density at radius 3 is 2.60 bits per heavy atom. The number of ether oxygens (including phenoxy) is 1. The van der Waals surface area contributed by atoms with E-state index in [1.54, 1.807) is 24.3 Å². The fourth-order valence-corrected chi connectivity index (χ4v) is 3.76. The van der Waals surface area contributed by atoms with E-state index in [-0.39, 0.29) is 25.0 Å². The van der Waals surface area contributed by atoms with Crippen molar-refractivity contribution in [3.05, 3.63) is 70.2 Å². The van der Waals surface area contributed by atoms with E-state index in [9.17, 15) is 14.4 Å². The number of halogens is 1. The average Bonchev–Trinajstić information content (AvgIpc) is 2.72. The molecule has 0 unspecified atom stereocenters. The van der Waals surface area contributed by atoms with Crippen molar-refractivity contribution in [2.24, 2.45) is 5.73 Å². The van der Waals surface area contributed by atoms with Crippen LogP contribution in [0.3, 0.4) is 0 Å². The van der Waals surface area contributed by atoms with Crippen LogP contribution in [0.1, 0.15) is 48.0 Å². The molecule has 0 saturated heterocycles. The number of carbonyl (C=O) groups is 3. The van der Waals surface area contributed by atoms with Crippen LogP contribution in [0.25, 0.3) is 0 Å². The van der Waals surface area contributed by atoms with Crippen molar-refractivity contribution in [1.82, 2.24) is 10.6 Å². The van der Waals surface area contributed by atoms with E-state index in [0.717, 1.165) is 24.8 Å². The second-order valence-electron chi connectivity index (χ2n) is 7.19. The first kappa shape index (κ1) is 21.6. The van der Waals surface area contributed by atoms with Crippen LogP contribution in [-0.2, 0) is 20.7 Å².